The van der Waals surface area contributed by atoms with Crippen LogP contribution in [0.15, 0.2) is 12.1 Å². The molecule has 0 bridgehead atoms. The first-order valence-corrected chi connectivity index (χ1v) is 7.27. The number of rotatable bonds is 3. The van der Waals surface area contributed by atoms with Gasteiger partial charge in [-0.05, 0) is 24.8 Å². The smallest absolute Gasteiger partial charge is 0.295 e. The Kier molecular flexibility index (Phi) is 4.81. The number of benzene rings is 1. The van der Waals surface area contributed by atoms with E-state index >= 15 is 0 Å². The van der Waals surface area contributed by atoms with Crippen molar-refractivity contribution in [1.29, 1.82) is 0 Å². The van der Waals surface area contributed by atoms with Crippen molar-refractivity contribution >= 4 is 23.0 Å². The maximum Gasteiger partial charge on any atom is 0.295 e. The Balaban J connectivity index is 2.27. The van der Waals surface area contributed by atoms with Crippen LogP contribution in [-0.2, 0) is 0 Å². The normalized spacial score (nSPS) is 23.1. The van der Waals surface area contributed by atoms with E-state index in [1.807, 2.05) is 0 Å². The number of hydrogen-bond acceptors (Lipinski definition) is 3. The Hall–Kier alpha value is -1.36. The molecule has 1 fully saturated rings. The predicted molar refractivity (Wildman–Crippen MR) is 77.7 cm³/mol. The van der Waals surface area contributed by atoms with Crippen molar-refractivity contribution in [2.24, 2.45) is 5.92 Å². The predicted octanol–water partition coefficient (Wildman–Crippen LogP) is 4.77. The second-order valence-corrected chi connectivity index (χ2v) is 5.81. The van der Waals surface area contributed by atoms with Gasteiger partial charge in [0.1, 0.15) is 11.5 Å². The van der Waals surface area contributed by atoms with Crippen molar-refractivity contribution in [3.8, 4) is 0 Å². The van der Waals surface area contributed by atoms with Crippen LogP contribution in [0.25, 0.3) is 0 Å². The average Bonchev–Trinajstić information content (AvgIpc) is 2.59. The Morgan fingerprint density at radius 3 is 2.75 bits per heavy atom. The molecule has 0 saturated heterocycles. The van der Waals surface area contributed by atoms with E-state index in [2.05, 4.69) is 12.2 Å². The maximum absolute atomic E-state index is 13.4. The molecule has 0 radical (unpaired) electrons. The summed E-state index contributed by atoms with van der Waals surface area (Å²) in [5, 5.41) is 14.1. The van der Waals surface area contributed by atoms with Gasteiger partial charge in [0, 0.05) is 6.04 Å². The van der Waals surface area contributed by atoms with Gasteiger partial charge in [-0.3, -0.25) is 10.1 Å². The number of nitro groups is 1. The molecule has 1 N–H and O–H groups in total. The quantitative estimate of drug-likeness (QED) is 0.497. The van der Waals surface area contributed by atoms with Crippen molar-refractivity contribution < 1.29 is 9.31 Å². The summed E-state index contributed by atoms with van der Waals surface area (Å²) in [6.45, 7) is 2.14. The molecule has 6 heteroatoms. The van der Waals surface area contributed by atoms with Crippen LogP contribution in [0.3, 0.4) is 0 Å². The summed E-state index contributed by atoms with van der Waals surface area (Å²) in [5.74, 6) is -0.334. The largest absolute Gasteiger partial charge is 0.376 e. The van der Waals surface area contributed by atoms with E-state index < -0.39 is 10.7 Å². The molecule has 110 valence electrons. The fraction of sp³-hybridized carbons (Fsp3) is 0.571. The third-order valence-electron chi connectivity index (χ3n) is 3.94. The molecule has 2 rings (SSSR count). The number of nitrogens with zero attached hydrogens (tertiary/aromatic N) is 1. The first kappa shape index (κ1) is 15.0. The van der Waals surface area contributed by atoms with Crippen molar-refractivity contribution in [1.82, 2.24) is 0 Å². The lowest BCUT2D eigenvalue weighted by molar-refractivity contribution is -0.384. The topological polar surface area (TPSA) is 55.2 Å². The molecule has 1 aromatic carbocycles. The average molecular weight is 301 g/mol. The molecule has 1 saturated carbocycles. The third-order valence-corrected chi connectivity index (χ3v) is 4.23. The lowest BCUT2D eigenvalue weighted by Gasteiger charge is -2.24. The number of nitrogens with one attached hydrogen (secondary N) is 1. The summed E-state index contributed by atoms with van der Waals surface area (Å²) in [6, 6.07) is 2.36. The van der Waals surface area contributed by atoms with Gasteiger partial charge >= 0.3 is 0 Å². The zero-order valence-electron chi connectivity index (χ0n) is 11.4. The Morgan fingerprint density at radius 1 is 1.35 bits per heavy atom. The molecular formula is C14H18ClFN2O2. The number of hydrogen-bond donors (Lipinski definition) is 1. The van der Waals surface area contributed by atoms with Crippen LogP contribution in [0.2, 0.25) is 5.02 Å². The van der Waals surface area contributed by atoms with Crippen LogP contribution in [0.5, 0.6) is 0 Å². The SMILES string of the molecule is CC1CCCCCC1Nc1cc(Cl)c(F)cc1[N+](=O)[O-]. The van der Waals surface area contributed by atoms with E-state index in [1.54, 1.807) is 0 Å². The Morgan fingerprint density at radius 2 is 2.05 bits per heavy atom. The van der Waals surface area contributed by atoms with Crippen LogP contribution < -0.4 is 5.32 Å². The second kappa shape index (κ2) is 6.39. The number of halogens is 2. The lowest BCUT2D eigenvalue weighted by atomic mass is 9.96. The van der Waals surface area contributed by atoms with E-state index in [9.17, 15) is 14.5 Å². The summed E-state index contributed by atoms with van der Waals surface area (Å²) >= 11 is 5.74. The molecule has 0 amide bonds. The van der Waals surface area contributed by atoms with E-state index in [1.165, 1.54) is 18.9 Å². The molecule has 0 heterocycles. The Bertz CT molecular complexity index is 510. The third kappa shape index (κ3) is 3.39. The van der Waals surface area contributed by atoms with E-state index in [-0.39, 0.29) is 16.8 Å². The Labute approximate surface area is 122 Å². The summed E-state index contributed by atoms with van der Waals surface area (Å²) < 4.78 is 13.4. The molecule has 1 aromatic rings. The molecule has 2 atom stereocenters. The summed E-state index contributed by atoms with van der Waals surface area (Å²) in [4.78, 5) is 10.5. The van der Waals surface area contributed by atoms with Gasteiger partial charge in [-0.1, -0.05) is 37.8 Å². The van der Waals surface area contributed by atoms with Crippen LogP contribution in [-0.4, -0.2) is 11.0 Å². The van der Waals surface area contributed by atoms with Gasteiger partial charge in [0.15, 0.2) is 0 Å². The first-order chi connectivity index (χ1) is 9.49. The highest BCUT2D eigenvalue weighted by Crippen LogP contribution is 2.33. The lowest BCUT2D eigenvalue weighted by Crippen LogP contribution is -2.26. The van der Waals surface area contributed by atoms with Gasteiger partial charge in [-0.15, -0.1) is 0 Å². The van der Waals surface area contributed by atoms with Crippen molar-refractivity contribution in [2.75, 3.05) is 5.32 Å². The summed E-state index contributed by atoms with van der Waals surface area (Å²) in [6.07, 6.45) is 5.54. The number of nitro benzene ring substituents is 1. The highest BCUT2D eigenvalue weighted by Gasteiger charge is 2.24. The molecule has 0 spiro atoms. The minimum Gasteiger partial charge on any atom is -0.376 e. The maximum atomic E-state index is 13.4. The molecule has 4 nitrogen and oxygen atoms in total. The van der Waals surface area contributed by atoms with Crippen LogP contribution in [0.4, 0.5) is 15.8 Å². The van der Waals surface area contributed by atoms with Gasteiger partial charge in [-0.2, -0.15) is 0 Å². The van der Waals surface area contributed by atoms with E-state index in [0.29, 0.717) is 11.6 Å². The molecular weight excluding hydrogens is 283 g/mol. The zero-order valence-corrected chi connectivity index (χ0v) is 12.1. The monoisotopic (exact) mass is 300 g/mol. The zero-order chi connectivity index (χ0) is 14.7. The fourth-order valence-corrected chi connectivity index (χ4v) is 2.87. The molecule has 1 aliphatic rings. The van der Waals surface area contributed by atoms with E-state index in [0.717, 1.165) is 25.3 Å². The minimum absolute atomic E-state index is 0.0978. The van der Waals surface area contributed by atoms with Crippen LogP contribution in [0, 0.1) is 21.8 Å². The van der Waals surface area contributed by atoms with E-state index in [4.69, 9.17) is 11.6 Å². The van der Waals surface area contributed by atoms with Crippen molar-refractivity contribution in [2.45, 2.75) is 45.1 Å². The molecule has 2 unspecified atom stereocenters. The highest BCUT2D eigenvalue weighted by molar-refractivity contribution is 6.31. The van der Waals surface area contributed by atoms with Crippen molar-refractivity contribution in [3.05, 3.63) is 33.1 Å². The van der Waals surface area contributed by atoms with Gasteiger partial charge in [-0.25, -0.2) is 4.39 Å². The van der Waals surface area contributed by atoms with Crippen molar-refractivity contribution in [3.63, 3.8) is 0 Å². The van der Waals surface area contributed by atoms with Gasteiger partial charge in [0.25, 0.3) is 5.69 Å². The summed E-state index contributed by atoms with van der Waals surface area (Å²) in [5.41, 5.74) is 0.0449. The second-order valence-electron chi connectivity index (χ2n) is 5.41. The minimum atomic E-state index is -0.766. The molecule has 1 aliphatic carbocycles. The van der Waals surface area contributed by atoms with Gasteiger partial charge in [0.2, 0.25) is 0 Å². The number of anilines is 1. The molecule has 20 heavy (non-hydrogen) atoms. The van der Waals surface area contributed by atoms with Gasteiger partial charge < -0.3 is 5.32 Å². The molecule has 0 aromatic heterocycles. The highest BCUT2D eigenvalue weighted by atomic mass is 35.5. The van der Waals surface area contributed by atoms with Crippen LogP contribution >= 0.6 is 11.6 Å². The molecule has 0 aliphatic heterocycles. The first-order valence-electron chi connectivity index (χ1n) is 6.89. The standard InChI is InChI=1S/C14H18ClFN2O2/c1-9-5-3-2-4-6-12(9)17-13-7-10(15)11(16)8-14(13)18(19)20/h7-9,12,17H,2-6H2,1H3. The fourth-order valence-electron chi connectivity index (χ4n) is 2.71. The summed E-state index contributed by atoms with van der Waals surface area (Å²) in [7, 11) is 0. The van der Waals surface area contributed by atoms with Gasteiger partial charge in [0.05, 0.1) is 16.0 Å². The van der Waals surface area contributed by atoms with Crippen LogP contribution in [0.1, 0.15) is 39.0 Å².